The monoisotopic (exact) mass is 289 g/mol. The molecule has 21 heavy (non-hydrogen) atoms. The number of imide groups is 1. The number of hydrazine groups is 1. The summed E-state index contributed by atoms with van der Waals surface area (Å²) in [6.07, 6.45) is 0.708. The standard InChI is InChI=1S/C14H15N3O4/c15-16-12(18)8-1-3-9(4-2-8)21-6-5-17-13(19)10-7-11(10)14(17)20/h1-4,10-11H,5-7,15H2,(H,16,18). The molecule has 0 aromatic heterocycles. The fourth-order valence-corrected chi connectivity index (χ4v) is 2.51. The average molecular weight is 289 g/mol. The Kier molecular flexibility index (Phi) is 3.34. The van der Waals surface area contributed by atoms with Gasteiger partial charge in [-0.2, -0.15) is 0 Å². The number of nitrogens with one attached hydrogen (secondary N) is 1. The van der Waals surface area contributed by atoms with Crippen molar-refractivity contribution in [1.29, 1.82) is 0 Å². The topological polar surface area (TPSA) is 102 Å². The van der Waals surface area contributed by atoms with Crippen LogP contribution in [0.5, 0.6) is 5.75 Å². The van der Waals surface area contributed by atoms with Crippen LogP contribution in [0.15, 0.2) is 24.3 Å². The molecule has 0 spiro atoms. The molecule has 2 unspecified atom stereocenters. The van der Waals surface area contributed by atoms with Gasteiger partial charge in [0.2, 0.25) is 11.8 Å². The van der Waals surface area contributed by atoms with Crippen LogP contribution in [0.4, 0.5) is 0 Å². The van der Waals surface area contributed by atoms with Crippen molar-refractivity contribution in [2.45, 2.75) is 6.42 Å². The largest absolute Gasteiger partial charge is 0.492 e. The number of carbonyl (C=O) groups excluding carboxylic acids is 3. The number of likely N-dealkylation sites (tertiary alicyclic amines) is 1. The lowest BCUT2D eigenvalue weighted by atomic mass is 10.2. The first kappa shape index (κ1) is 13.6. The number of benzene rings is 1. The van der Waals surface area contributed by atoms with Gasteiger partial charge in [-0.25, -0.2) is 5.84 Å². The van der Waals surface area contributed by atoms with Crippen LogP contribution in [0.25, 0.3) is 0 Å². The Balaban J connectivity index is 1.50. The number of nitrogens with two attached hydrogens (primary N) is 1. The van der Waals surface area contributed by atoms with Gasteiger partial charge < -0.3 is 4.74 Å². The van der Waals surface area contributed by atoms with Gasteiger partial charge >= 0.3 is 0 Å². The number of hydrogen-bond donors (Lipinski definition) is 2. The minimum absolute atomic E-state index is 0.0773. The number of ether oxygens (including phenoxy) is 1. The van der Waals surface area contributed by atoms with E-state index in [9.17, 15) is 14.4 Å². The number of amides is 3. The van der Waals surface area contributed by atoms with Crippen molar-refractivity contribution in [1.82, 2.24) is 10.3 Å². The van der Waals surface area contributed by atoms with E-state index in [0.29, 0.717) is 17.7 Å². The fraction of sp³-hybridized carbons (Fsp3) is 0.357. The molecule has 2 atom stereocenters. The lowest BCUT2D eigenvalue weighted by Crippen LogP contribution is -2.36. The van der Waals surface area contributed by atoms with E-state index in [-0.39, 0.29) is 42.7 Å². The molecule has 7 heteroatoms. The third-order valence-corrected chi connectivity index (χ3v) is 3.79. The van der Waals surface area contributed by atoms with Crippen LogP contribution < -0.4 is 16.0 Å². The van der Waals surface area contributed by atoms with Crippen molar-refractivity contribution >= 4 is 17.7 Å². The molecule has 3 N–H and O–H groups in total. The number of rotatable bonds is 5. The summed E-state index contributed by atoms with van der Waals surface area (Å²) < 4.78 is 5.47. The summed E-state index contributed by atoms with van der Waals surface area (Å²) in [6.45, 7) is 0.495. The van der Waals surface area contributed by atoms with E-state index in [0.717, 1.165) is 0 Å². The molecule has 1 aliphatic heterocycles. The smallest absolute Gasteiger partial charge is 0.265 e. The summed E-state index contributed by atoms with van der Waals surface area (Å²) in [7, 11) is 0. The molecule has 110 valence electrons. The van der Waals surface area contributed by atoms with Gasteiger partial charge in [0, 0.05) is 5.56 Å². The first-order valence-electron chi connectivity index (χ1n) is 6.71. The van der Waals surface area contributed by atoms with Gasteiger partial charge in [-0.15, -0.1) is 0 Å². The van der Waals surface area contributed by atoms with Crippen molar-refractivity contribution in [3.05, 3.63) is 29.8 Å². The molecular formula is C14H15N3O4. The van der Waals surface area contributed by atoms with Gasteiger partial charge in [0.05, 0.1) is 18.4 Å². The number of nitrogen functional groups attached to an aromatic ring is 1. The second kappa shape index (κ2) is 5.17. The Hall–Kier alpha value is -2.41. The number of nitrogens with zero attached hydrogens (tertiary/aromatic N) is 1. The lowest BCUT2D eigenvalue weighted by Gasteiger charge is -2.16. The van der Waals surface area contributed by atoms with Crippen molar-refractivity contribution in [2.75, 3.05) is 13.2 Å². The molecule has 2 fully saturated rings. The van der Waals surface area contributed by atoms with E-state index in [1.807, 2.05) is 5.43 Å². The zero-order valence-electron chi connectivity index (χ0n) is 11.2. The third kappa shape index (κ3) is 2.47. The van der Waals surface area contributed by atoms with E-state index < -0.39 is 0 Å². The van der Waals surface area contributed by atoms with E-state index in [4.69, 9.17) is 10.6 Å². The quantitative estimate of drug-likeness (QED) is 0.334. The molecule has 7 nitrogen and oxygen atoms in total. The molecule has 1 heterocycles. The number of hydrogen-bond acceptors (Lipinski definition) is 5. The average Bonchev–Trinajstić information content (AvgIpc) is 3.26. The first-order valence-corrected chi connectivity index (χ1v) is 6.71. The van der Waals surface area contributed by atoms with Crippen molar-refractivity contribution in [3.8, 4) is 5.75 Å². The van der Waals surface area contributed by atoms with E-state index in [2.05, 4.69) is 0 Å². The van der Waals surface area contributed by atoms with Gasteiger partial charge in [-0.05, 0) is 30.7 Å². The molecule has 1 aromatic rings. The van der Waals surface area contributed by atoms with Crippen LogP contribution in [-0.4, -0.2) is 35.8 Å². The maximum Gasteiger partial charge on any atom is 0.265 e. The second-order valence-electron chi connectivity index (χ2n) is 5.12. The van der Waals surface area contributed by atoms with Crippen molar-refractivity contribution in [2.24, 2.45) is 17.7 Å². The minimum Gasteiger partial charge on any atom is -0.492 e. The van der Waals surface area contributed by atoms with E-state index in [1.54, 1.807) is 24.3 Å². The molecule has 1 saturated heterocycles. The Morgan fingerprint density at radius 3 is 2.43 bits per heavy atom. The zero-order valence-corrected chi connectivity index (χ0v) is 11.2. The van der Waals surface area contributed by atoms with Gasteiger partial charge in [0.15, 0.2) is 0 Å². The SMILES string of the molecule is NNC(=O)c1ccc(OCCN2C(=O)C3CC3C2=O)cc1. The van der Waals surface area contributed by atoms with Crippen LogP contribution in [0.1, 0.15) is 16.8 Å². The summed E-state index contributed by atoms with van der Waals surface area (Å²) in [6, 6.07) is 6.43. The second-order valence-corrected chi connectivity index (χ2v) is 5.12. The van der Waals surface area contributed by atoms with Crippen LogP contribution in [0.3, 0.4) is 0 Å². The third-order valence-electron chi connectivity index (χ3n) is 3.79. The maximum atomic E-state index is 11.7. The van der Waals surface area contributed by atoms with Gasteiger partial charge in [0.25, 0.3) is 5.91 Å². The molecule has 0 bridgehead atoms. The molecule has 1 aromatic carbocycles. The first-order chi connectivity index (χ1) is 10.1. The van der Waals surface area contributed by atoms with Crippen LogP contribution in [0, 0.1) is 11.8 Å². The van der Waals surface area contributed by atoms with Crippen molar-refractivity contribution in [3.63, 3.8) is 0 Å². The van der Waals surface area contributed by atoms with Crippen LogP contribution in [0.2, 0.25) is 0 Å². The van der Waals surface area contributed by atoms with E-state index in [1.165, 1.54) is 4.90 Å². The fourth-order valence-electron chi connectivity index (χ4n) is 2.51. The Bertz CT molecular complexity index is 579. The zero-order chi connectivity index (χ0) is 15.0. The summed E-state index contributed by atoms with van der Waals surface area (Å²) in [5.74, 6) is 4.90. The normalized spacial score (nSPS) is 23.0. The lowest BCUT2D eigenvalue weighted by molar-refractivity contribution is -0.141. The highest BCUT2D eigenvalue weighted by Crippen LogP contribution is 2.46. The van der Waals surface area contributed by atoms with Gasteiger partial charge in [0.1, 0.15) is 12.4 Å². The Morgan fingerprint density at radius 2 is 1.86 bits per heavy atom. The molecule has 2 aliphatic rings. The number of carbonyl (C=O) groups is 3. The van der Waals surface area contributed by atoms with E-state index >= 15 is 0 Å². The summed E-state index contributed by atoms with van der Waals surface area (Å²) in [5.41, 5.74) is 2.46. The summed E-state index contributed by atoms with van der Waals surface area (Å²) in [5, 5.41) is 0. The summed E-state index contributed by atoms with van der Waals surface area (Å²) >= 11 is 0. The maximum absolute atomic E-state index is 11.7. The molecular weight excluding hydrogens is 274 g/mol. The Labute approximate surface area is 121 Å². The van der Waals surface area contributed by atoms with Crippen LogP contribution >= 0.6 is 0 Å². The predicted octanol–water partition coefficient (Wildman–Crippen LogP) is -0.326. The van der Waals surface area contributed by atoms with Crippen LogP contribution in [-0.2, 0) is 9.59 Å². The number of fused-ring (bicyclic) bond motifs is 1. The predicted molar refractivity (Wildman–Crippen MR) is 71.9 cm³/mol. The van der Waals surface area contributed by atoms with Gasteiger partial charge in [-0.3, -0.25) is 24.7 Å². The molecule has 1 aliphatic carbocycles. The Morgan fingerprint density at radius 1 is 1.24 bits per heavy atom. The molecule has 3 amide bonds. The van der Waals surface area contributed by atoms with Gasteiger partial charge in [-0.1, -0.05) is 0 Å². The minimum atomic E-state index is -0.381. The molecule has 1 saturated carbocycles. The van der Waals surface area contributed by atoms with Crippen molar-refractivity contribution < 1.29 is 19.1 Å². The highest BCUT2D eigenvalue weighted by atomic mass is 16.5. The molecule has 0 radical (unpaired) electrons. The highest BCUT2D eigenvalue weighted by Gasteiger charge is 2.58. The highest BCUT2D eigenvalue weighted by molar-refractivity contribution is 6.08. The number of piperidine rings is 1. The molecule has 3 rings (SSSR count). The summed E-state index contributed by atoms with van der Waals surface area (Å²) in [4.78, 5) is 36.0.